The normalized spacial score (nSPS) is 17.7. The molecule has 1 heterocycles. The van der Waals surface area contributed by atoms with Crippen molar-refractivity contribution in [1.82, 2.24) is 4.98 Å². The van der Waals surface area contributed by atoms with E-state index in [0.29, 0.717) is 6.04 Å². The van der Waals surface area contributed by atoms with Gasteiger partial charge >= 0.3 is 0 Å². The van der Waals surface area contributed by atoms with Crippen molar-refractivity contribution in [3.05, 3.63) is 17.1 Å². The summed E-state index contributed by atoms with van der Waals surface area (Å²) in [5, 5.41) is 4.64. The highest BCUT2D eigenvalue weighted by atomic mass is 32.1. The lowest BCUT2D eigenvalue weighted by molar-refractivity contribution is 0.285. The van der Waals surface area contributed by atoms with Crippen LogP contribution < -0.4 is 11.1 Å². The molecule has 96 valence electrons. The second kappa shape index (κ2) is 4.43. The van der Waals surface area contributed by atoms with Gasteiger partial charge < -0.3 is 11.1 Å². The van der Waals surface area contributed by atoms with Crippen LogP contribution in [0.2, 0.25) is 0 Å². The maximum Gasteiger partial charge on any atom is 0.0907 e. The van der Waals surface area contributed by atoms with Crippen molar-refractivity contribution in [2.45, 2.75) is 39.2 Å². The Bertz CT molecular complexity index is 572. The first-order valence-corrected chi connectivity index (χ1v) is 7.38. The second-order valence-electron chi connectivity index (χ2n) is 5.26. The molecular formula is C14H19N3S. The van der Waals surface area contributed by atoms with Gasteiger partial charge in [-0.15, -0.1) is 11.3 Å². The van der Waals surface area contributed by atoms with Crippen molar-refractivity contribution in [1.29, 1.82) is 0 Å². The molecule has 1 aromatic carbocycles. The summed E-state index contributed by atoms with van der Waals surface area (Å²) in [5.74, 6) is 0.803. The molecule has 0 amide bonds. The van der Waals surface area contributed by atoms with E-state index in [1.165, 1.54) is 24.0 Å². The summed E-state index contributed by atoms with van der Waals surface area (Å²) < 4.78 is 1.17. The van der Waals surface area contributed by atoms with Gasteiger partial charge in [0.2, 0.25) is 0 Å². The highest BCUT2D eigenvalue weighted by Gasteiger charge is 2.24. The number of aryl methyl sites for hydroxylation is 1. The Balaban J connectivity index is 1.88. The molecule has 1 unspecified atom stereocenters. The van der Waals surface area contributed by atoms with E-state index in [9.17, 15) is 0 Å². The third kappa shape index (κ3) is 2.05. The van der Waals surface area contributed by atoms with Crippen molar-refractivity contribution >= 4 is 32.9 Å². The zero-order valence-corrected chi connectivity index (χ0v) is 11.7. The molecule has 3 nitrogen and oxygen atoms in total. The van der Waals surface area contributed by atoms with Crippen LogP contribution in [-0.2, 0) is 0 Å². The van der Waals surface area contributed by atoms with Crippen LogP contribution in [0.3, 0.4) is 0 Å². The zero-order valence-electron chi connectivity index (χ0n) is 10.9. The molecule has 0 saturated heterocycles. The first kappa shape index (κ1) is 11.8. The van der Waals surface area contributed by atoms with E-state index in [-0.39, 0.29) is 0 Å². The predicted octanol–water partition coefficient (Wildman–Crippen LogP) is 3.79. The largest absolute Gasteiger partial charge is 0.397 e. The Morgan fingerprint density at radius 1 is 1.44 bits per heavy atom. The number of aromatic nitrogens is 1. The molecule has 1 aliphatic carbocycles. The number of anilines is 2. The number of hydrogen-bond acceptors (Lipinski definition) is 4. The van der Waals surface area contributed by atoms with Gasteiger partial charge in [-0.05, 0) is 44.7 Å². The molecule has 1 atom stereocenters. The summed E-state index contributed by atoms with van der Waals surface area (Å²) in [6.07, 6.45) is 4.05. The quantitative estimate of drug-likeness (QED) is 0.827. The molecule has 3 rings (SSSR count). The molecule has 1 aliphatic rings. The van der Waals surface area contributed by atoms with E-state index in [1.54, 1.807) is 11.3 Å². The summed E-state index contributed by atoms with van der Waals surface area (Å²) in [5.41, 5.74) is 9.04. The molecule has 0 radical (unpaired) electrons. The maximum absolute atomic E-state index is 6.12. The topological polar surface area (TPSA) is 50.9 Å². The van der Waals surface area contributed by atoms with E-state index in [1.807, 2.05) is 13.0 Å². The van der Waals surface area contributed by atoms with Gasteiger partial charge in [-0.3, -0.25) is 0 Å². The van der Waals surface area contributed by atoms with Gasteiger partial charge in [-0.2, -0.15) is 0 Å². The first-order chi connectivity index (χ1) is 8.63. The molecule has 1 aromatic heterocycles. The van der Waals surface area contributed by atoms with Crippen molar-refractivity contribution in [3.63, 3.8) is 0 Å². The number of benzene rings is 1. The number of fused-ring (bicyclic) bond motifs is 1. The highest BCUT2D eigenvalue weighted by molar-refractivity contribution is 7.18. The Hall–Kier alpha value is -1.29. The van der Waals surface area contributed by atoms with Crippen LogP contribution in [0.4, 0.5) is 11.4 Å². The van der Waals surface area contributed by atoms with Gasteiger partial charge in [0, 0.05) is 6.04 Å². The lowest BCUT2D eigenvalue weighted by Gasteiger charge is -2.32. The number of nitrogens with two attached hydrogens (primary N) is 1. The molecule has 4 heteroatoms. The number of nitrogens with one attached hydrogen (secondary N) is 1. The van der Waals surface area contributed by atoms with Crippen molar-refractivity contribution in [2.75, 3.05) is 11.1 Å². The van der Waals surface area contributed by atoms with Gasteiger partial charge in [-0.1, -0.05) is 6.42 Å². The van der Waals surface area contributed by atoms with Crippen LogP contribution in [0, 0.1) is 12.8 Å². The minimum absolute atomic E-state index is 0.498. The van der Waals surface area contributed by atoms with Crippen molar-refractivity contribution in [2.24, 2.45) is 5.92 Å². The van der Waals surface area contributed by atoms with Crippen LogP contribution in [0.1, 0.15) is 31.2 Å². The summed E-state index contributed by atoms with van der Waals surface area (Å²) in [4.78, 5) is 4.52. The molecule has 3 N–H and O–H groups in total. The van der Waals surface area contributed by atoms with Crippen LogP contribution in [0.15, 0.2) is 12.1 Å². The molecular weight excluding hydrogens is 242 g/mol. The minimum Gasteiger partial charge on any atom is -0.397 e. The SMILES string of the molecule is Cc1nc2cc(NC(C)C3CCC3)c(N)cc2s1. The highest BCUT2D eigenvalue weighted by Crippen LogP contribution is 2.34. The Kier molecular flexibility index (Phi) is 2.90. The van der Waals surface area contributed by atoms with Gasteiger partial charge in [0.15, 0.2) is 0 Å². The first-order valence-electron chi connectivity index (χ1n) is 6.56. The standard InChI is InChI=1S/C14H19N3S/c1-8(10-4-3-5-10)16-12-7-13-14(6-11(12)15)18-9(2)17-13/h6-8,10,16H,3-5,15H2,1-2H3. The number of rotatable bonds is 3. The average molecular weight is 261 g/mol. The third-order valence-corrected chi connectivity index (χ3v) is 4.84. The number of hydrogen-bond donors (Lipinski definition) is 2. The molecule has 1 fully saturated rings. The van der Waals surface area contributed by atoms with Crippen LogP contribution in [-0.4, -0.2) is 11.0 Å². The maximum atomic E-state index is 6.12. The summed E-state index contributed by atoms with van der Waals surface area (Å²) in [6.45, 7) is 4.28. The van der Waals surface area contributed by atoms with E-state index in [4.69, 9.17) is 5.73 Å². The summed E-state index contributed by atoms with van der Waals surface area (Å²) in [6, 6.07) is 4.62. The van der Waals surface area contributed by atoms with Crippen LogP contribution >= 0.6 is 11.3 Å². The fourth-order valence-electron chi connectivity index (χ4n) is 2.53. The molecule has 1 saturated carbocycles. The van der Waals surface area contributed by atoms with Gasteiger partial charge in [0.05, 0.1) is 26.6 Å². The number of nitrogen functional groups attached to an aromatic ring is 1. The Labute approximate surface area is 111 Å². The second-order valence-corrected chi connectivity index (χ2v) is 6.50. The monoisotopic (exact) mass is 261 g/mol. The van der Waals surface area contributed by atoms with Gasteiger partial charge in [0.25, 0.3) is 0 Å². The average Bonchev–Trinajstić information content (AvgIpc) is 2.55. The summed E-state index contributed by atoms with van der Waals surface area (Å²) in [7, 11) is 0. The Morgan fingerprint density at radius 2 is 2.22 bits per heavy atom. The molecule has 0 spiro atoms. The zero-order chi connectivity index (χ0) is 12.7. The third-order valence-electron chi connectivity index (χ3n) is 3.91. The van der Waals surface area contributed by atoms with E-state index in [0.717, 1.165) is 27.8 Å². The fraction of sp³-hybridized carbons (Fsp3) is 0.500. The lowest BCUT2D eigenvalue weighted by Crippen LogP contribution is -2.31. The lowest BCUT2D eigenvalue weighted by atomic mass is 9.80. The van der Waals surface area contributed by atoms with Gasteiger partial charge in [-0.25, -0.2) is 4.98 Å². The smallest absolute Gasteiger partial charge is 0.0907 e. The molecule has 0 aliphatic heterocycles. The predicted molar refractivity (Wildman–Crippen MR) is 79.2 cm³/mol. The number of nitrogens with zero attached hydrogens (tertiary/aromatic N) is 1. The number of thiazole rings is 1. The van der Waals surface area contributed by atoms with E-state index >= 15 is 0 Å². The molecule has 2 aromatic rings. The fourth-order valence-corrected chi connectivity index (χ4v) is 3.39. The van der Waals surface area contributed by atoms with E-state index in [2.05, 4.69) is 23.3 Å². The van der Waals surface area contributed by atoms with Crippen molar-refractivity contribution in [3.8, 4) is 0 Å². The van der Waals surface area contributed by atoms with Crippen molar-refractivity contribution < 1.29 is 0 Å². The van der Waals surface area contributed by atoms with Gasteiger partial charge in [0.1, 0.15) is 0 Å². The Morgan fingerprint density at radius 3 is 2.89 bits per heavy atom. The molecule has 18 heavy (non-hydrogen) atoms. The van der Waals surface area contributed by atoms with E-state index < -0.39 is 0 Å². The molecule has 0 bridgehead atoms. The summed E-state index contributed by atoms with van der Waals surface area (Å²) >= 11 is 1.70. The van der Waals surface area contributed by atoms with Crippen LogP contribution in [0.25, 0.3) is 10.2 Å². The van der Waals surface area contributed by atoms with Crippen LogP contribution in [0.5, 0.6) is 0 Å². The minimum atomic E-state index is 0.498.